The summed E-state index contributed by atoms with van der Waals surface area (Å²) in [7, 11) is 1.38. The Labute approximate surface area is 173 Å². The molecule has 0 aromatic heterocycles. The molecule has 2 aromatic rings. The Bertz CT molecular complexity index is 900. The smallest absolute Gasteiger partial charge is 0.380 e. The van der Waals surface area contributed by atoms with Gasteiger partial charge in [-0.15, -0.1) is 0 Å². The maximum absolute atomic E-state index is 12.5. The zero-order valence-electron chi connectivity index (χ0n) is 13.6. The van der Waals surface area contributed by atoms with Gasteiger partial charge in [-0.2, -0.15) is 0 Å². The Balaban J connectivity index is 2.30. The van der Waals surface area contributed by atoms with Crippen LogP contribution in [0.3, 0.4) is 0 Å². The first-order valence-corrected chi connectivity index (χ1v) is 9.03. The number of hydrogen-bond acceptors (Lipinski definition) is 6. The highest BCUT2D eigenvalue weighted by molar-refractivity contribution is 7.97. The Hall–Kier alpha value is -1.90. The van der Waals surface area contributed by atoms with Crippen molar-refractivity contribution in [2.75, 3.05) is 7.11 Å². The van der Waals surface area contributed by atoms with E-state index in [0.717, 1.165) is 12.0 Å². The molecule has 1 N–H and O–H groups in total. The van der Waals surface area contributed by atoms with Crippen LogP contribution in [-0.2, 0) is 8.98 Å². The largest absolute Gasteiger partial charge is 0.478 e. The van der Waals surface area contributed by atoms with Gasteiger partial charge in [0, 0.05) is 27.5 Å². The van der Waals surface area contributed by atoms with Crippen LogP contribution in [0.5, 0.6) is 11.5 Å². The number of carboxylic acid groups (broad SMARTS) is 1. The third kappa shape index (κ3) is 6.05. The molecule has 0 aliphatic rings. The summed E-state index contributed by atoms with van der Waals surface area (Å²) < 4.78 is 15.4. The van der Waals surface area contributed by atoms with Gasteiger partial charge in [0.15, 0.2) is 0 Å². The molecule has 0 aliphatic heterocycles. The van der Waals surface area contributed by atoms with Crippen molar-refractivity contribution in [3.63, 3.8) is 0 Å². The maximum atomic E-state index is 12.5. The minimum atomic E-state index is -1.28. The van der Waals surface area contributed by atoms with Crippen LogP contribution >= 0.6 is 46.8 Å². The molecular weight excluding hydrogens is 439 g/mol. The second kappa shape index (κ2) is 9.87. The number of carbonyl (C=O) groups excluding carboxylic acids is 1. The lowest BCUT2D eigenvalue weighted by Gasteiger charge is -2.12. The number of carboxylic acids is 1. The average Bonchev–Trinajstić information content (AvgIpc) is 2.61. The topological polar surface area (TPSA) is 82.1 Å². The Kier molecular flexibility index (Phi) is 7.82. The van der Waals surface area contributed by atoms with Crippen LogP contribution < -0.4 is 9.47 Å². The minimum absolute atomic E-state index is 0.0533. The molecule has 0 atom stereocenters. The highest BCUT2D eigenvalue weighted by Crippen LogP contribution is 2.30. The zero-order valence-corrected chi connectivity index (χ0v) is 16.7. The number of carbonyl (C=O) groups is 2. The highest BCUT2D eigenvalue weighted by Gasteiger charge is 2.20. The van der Waals surface area contributed by atoms with Gasteiger partial charge < -0.3 is 18.8 Å². The number of benzene rings is 2. The molecule has 0 aliphatic carbocycles. The van der Waals surface area contributed by atoms with Crippen LogP contribution in [0.15, 0.2) is 47.6 Å². The Morgan fingerprint density at radius 1 is 1.00 bits per heavy atom. The van der Waals surface area contributed by atoms with Gasteiger partial charge in [-0.25, -0.2) is 9.59 Å². The fraction of sp³-hybridized carbons (Fsp3) is 0.0588. The van der Waals surface area contributed by atoms with Crippen LogP contribution in [0.2, 0.25) is 15.1 Å². The van der Waals surface area contributed by atoms with Crippen molar-refractivity contribution in [2.45, 2.75) is 0 Å². The van der Waals surface area contributed by atoms with Crippen molar-refractivity contribution >= 4 is 58.8 Å². The third-order valence-electron chi connectivity index (χ3n) is 2.94. The van der Waals surface area contributed by atoms with E-state index in [1.165, 1.54) is 48.9 Å². The SMILES string of the molecule is COSC=C(Oc1ccc(Cl)cc1C(=O)O)C(=O)Oc1ccc(Cl)cc1Cl. The van der Waals surface area contributed by atoms with Crippen LogP contribution in [0.25, 0.3) is 0 Å². The summed E-state index contributed by atoms with van der Waals surface area (Å²) in [6.07, 6.45) is 0. The predicted octanol–water partition coefficient (Wildman–Crippen LogP) is 5.47. The van der Waals surface area contributed by atoms with E-state index in [1.807, 2.05) is 0 Å². The van der Waals surface area contributed by atoms with Crippen molar-refractivity contribution in [3.8, 4) is 11.5 Å². The minimum Gasteiger partial charge on any atom is -0.478 e. The normalized spacial score (nSPS) is 11.2. The van der Waals surface area contributed by atoms with E-state index in [9.17, 15) is 14.7 Å². The van der Waals surface area contributed by atoms with E-state index in [1.54, 1.807) is 0 Å². The summed E-state index contributed by atoms with van der Waals surface area (Å²) in [5.74, 6) is -2.57. The standard InChI is InChI=1S/C17H11Cl3O6S/c1-24-27-8-15(17(23)26-14-5-3-10(19)7-12(14)20)25-13-4-2-9(18)6-11(13)16(21)22/h2-8H,1H3,(H,21,22). The molecule has 0 radical (unpaired) electrons. The van der Waals surface area contributed by atoms with E-state index in [0.29, 0.717) is 5.02 Å². The molecule has 10 heteroatoms. The summed E-state index contributed by atoms with van der Waals surface area (Å²) >= 11 is 18.4. The van der Waals surface area contributed by atoms with Gasteiger partial charge in [-0.1, -0.05) is 34.8 Å². The second-order valence-electron chi connectivity index (χ2n) is 4.76. The molecule has 2 aromatic carbocycles. The summed E-state index contributed by atoms with van der Waals surface area (Å²) in [5, 5.41) is 11.2. The van der Waals surface area contributed by atoms with E-state index >= 15 is 0 Å². The summed E-state index contributed by atoms with van der Waals surface area (Å²) in [6.45, 7) is 0. The van der Waals surface area contributed by atoms with Crippen molar-refractivity contribution < 1.29 is 28.4 Å². The molecule has 27 heavy (non-hydrogen) atoms. The lowest BCUT2D eigenvalue weighted by atomic mass is 10.2. The van der Waals surface area contributed by atoms with Crippen LogP contribution in [0, 0.1) is 0 Å². The third-order valence-corrected chi connectivity index (χ3v) is 4.21. The molecule has 6 nitrogen and oxygen atoms in total. The first-order valence-electron chi connectivity index (χ1n) is 7.09. The van der Waals surface area contributed by atoms with Crippen LogP contribution in [-0.4, -0.2) is 24.2 Å². The maximum Gasteiger partial charge on any atom is 0.380 e. The quantitative estimate of drug-likeness (QED) is 0.197. The van der Waals surface area contributed by atoms with Gasteiger partial charge in [0.25, 0.3) is 0 Å². The van der Waals surface area contributed by atoms with Crippen molar-refractivity contribution in [2.24, 2.45) is 0 Å². The molecule has 0 fully saturated rings. The van der Waals surface area contributed by atoms with Crippen LogP contribution in [0.4, 0.5) is 0 Å². The van der Waals surface area contributed by atoms with Gasteiger partial charge in [0.1, 0.15) is 17.1 Å². The number of hydrogen-bond donors (Lipinski definition) is 1. The predicted molar refractivity (Wildman–Crippen MR) is 104 cm³/mol. The Morgan fingerprint density at radius 2 is 1.63 bits per heavy atom. The molecule has 0 amide bonds. The van der Waals surface area contributed by atoms with E-state index in [2.05, 4.69) is 0 Å². The Morgan fingerprint density at radius 3 is 2.22 bits per heavy atom. The van der Waals surface area contributed by atoms with Gasteiger partial charge >= 0.3 is 11.9 Å². The molecular formula is C17H11Cl3O6S. The lowest BCUT2D eigenvalue weighted by Crippen LogP contribution is -2.17. The summed E-state index contributed by atoms with van der Waals surface area (Å²) in [4.78, 5) is 23.8. The molecule has 142 valence electrons. The summed E-state index contributed by atoms with van der Waals surface area (Å²) in [6, 6.07) is 8.25. The molecule has 0 saturated carbocycles. The lowest BCUT2D eigenvalue weighted by molar-refractivity contribution is -0.132. The van der Waals surface area contributed by atoms with E-state index in [4.69, 9.17) is 48.5 Å². The number of rotatable bonds is 7. The summed E-state index contributed by atoms with van der Waals surface area (Å²) in [5.41, 5.74) is -0.229. The second-order valence-corrected chi connectivity index (χ2v) is 6.80. The first kappa shape index (κ1) is 21.4. The first-order chi connectivity index (χ1) is 12.8. The number of ether oxygens (including phenoxy) is 2. The van der Waals surface area contributed by atoms with Gasteiger partial charge in [-0.3, -0.25) is 0 Å². The fourth-order valence-electron chi connectivity index (χ4n) is 1.79. The molecule has 0 unspecified atom stereocenters. The molecule has 2 rings (SSSR count). The fourth-order valence-corrected chi connectivity index (χ4v) is 2.74. The van der Waals surface area contributed by atoms with Gasteiger partial charge in [-0.05, 0) is 36.4 Å². The van der Waals surface area contributed by atoms with E-state index in [-0.39, 0.29) is 32.9 Å². The molecule has 0 bridgehead atoms. The molecule has 0 spiro atoms. The number of halogens is 3. The number of aromatic carboxylic acids is 1. The van der Waals surface area contributed by atoms with E-state index < -0.39 is 11.9 Å². The number of esters is 1. The van der Waals surface area contributed by atoms with Gasteiger partial charge in [0.2, 0.25) is 5.76 Å². The van der Waals surface area contributed by atoms with Crippen molar-refractivity contribution in [3.05, 3.63) is 68.2 Å². The average molecular weight is 450 g/mol. The van der Waals surface area contributed by atoms with Crippen molar-refractivity contribution in [1.82, 2.24) is 0 Å². The zero-order chi connectivity index (χ0) is 20.0. The van der Waals surface area contributed by atoms with Crippen LogP contribution in [0.1, 0.15) is 10.4 Å². The molecule has 0 saturated heterocycles. The highest BCUT2D eigenvalue weighted by atomic mass is 35.5. The van der Waals surface area contributed by atoms with Gasteiger partial charge in [0.05, 0.1) is 12.1 Å². The monoisotopic (exact) mass is 448 g/mol. The van der Waals surface area contributed by atoms with Crippen molar-refractivity contribution in [1.29, 1.82) is 0 Å². The molecule has 0 heterocycles.